The van der Waals surface area contributed by atoms with Crippen molar-refractivity contribution < 1.29 is 17.7 Å². The van der Waals surface area contributed by atoms with Crippen molar-refractivity contribution >= 4 is 99.9 Å². The lowest BCUT2D eigenvalue weighted by atomic mass is 9.94. The molecular formula is C60H37NO4. The van der Waals surface area contributed by atoms with Gasteiger partial charge in [-0.05, 0) is 77.7 Å². The number of benzene rings is 9. The lowest BCUT2D eigenvalue weighted by Crippen LogP contribution is -2.10. The van der Waals surface area contributed by atoms with Crippen LogP contribution in [-0.4, -0.2) is 0 Å². The second-order valence-electron chi connectivity index (χ2n) is 17.0. The monoisotopic (exact) mass is 835 g/mol. The van der Waals surface area contributed by atoms with E-state index >= 15 is 0 Å². The highest BCUT2D eigenvalue weighted by Crippen LogP contribution is 2.51. The number of furan rings is 4. The molecule has 0 amide bonds. The van der Waals surface area contributed by atoms with E-state index in [1.807, 2.05) is 24.3 Å². The molecule has 9 aromatic carbocycles. The van der Waals surface area contributed by atoms with Gasteiger partial charge in [0.25, 0.3) is 0 Å². The number of rotatable bonds is 6. The first-order valence-electron chi connectivity index (χ1n) is 22.2. The van der Waals surface area contributed by atoms with E-state index in [1.54, 1.807) is 0 Å². The Bertz CT molecular complexity index is 4050. The lowest BCUT2D eigenvalue weighted by molar-refractivity contribution is 0.547. The Hall–Kier alpha value is -8.54. The first-order chi connectivity index (χ1) is 32.2. The van der Waals surface area contributed by atoms with Crippen LogP contribution < -0.4 is 4.90 Å². The maximum atomic E-state index is 7.16. The fourth-order valence-electron chi connectivity index (χ4n) is 10.4. The minimum absolute atomic E-state index is 0.781. The van der Waals surface area contributed by atoms with E-state index < -0.39 is 0 Å². The van der Waals surface area contributed by atoms with Crippen molar-refractivity contribution in [3.63, 3.8) is 0 Å². The Morgan fingerprint density at radius 3 is 1.82 bits per heavy atom. The van der Waals surface area contributed by atoms with Crippen molar-refractivity contribution in [3.05, 3.63) is 205 Å². The van der Waals surface area contributed by atoms with Gasteiger partial charge in [0.05, 0.1) is 11.1 Å². The van der Waals surface area contributed by atoms with Crippen LogP contribution in [0.15, 0.2) is 212 Å². The van der Waals surface area contributed by atoms with Gasteiger partial charge >= 0.3 is 0 Å². The van der Waals surface area contributed by atoms with Crippen LogP contribution in [-0.2, 0) is 6.42 Å². The standard InChI is InChI=1S/C60H37NO4/c1-2-13-36(14-3-1)37-27-31-39(32-28-37)61(40-33-29-38(30-34-40)41-18-10-19-44-42-15-4-7-23-50(42)63-58(41)44)49-22-12-26-53-55(49)48-35-54-56(46-17-6-9-25-52(46)62-54)57(60(48)65-53)47-21-11-20-45-43-16-5-8-24-51(43)64-59(45)47/h1-7,9-23,25-35H,8,24H2. The molecule has 0 radical (unpaired) electrons. The topological polar surface area (TPSA) is 55.8 Å². The van der Waals surface area contributed by atoms with E-state index in [4.69, 9.17) is 17.7 Å². The third-order valence-electron chi connectivity index (χ3n) is 13.3. The number of hydrogen-bond acceptors (Lipinski definition) is 5. The maximum Gasteiger partial charge on any atom is 0.144 e. The van der Waals surface area contributed by atoms with Crippen molar-refractivity contribution in [1.29, 1.82) is 0 Å². The summed E-state index contributed by atoms with van der Waals surface area (Å²) in [5, 5.41) is 7.33. The molecule has 1 aliphatic carbocycles. The summed E-state index contributed by atoms with van der Waals surface area (Å²) in [6.07, 6.45) is 6.29. The molecule has 0 bridgehead atoms. The molecule has 0 unspecified atom stereocenters. The number of para-hydroxylation sites is 4. The quantitative estimate of drug-likeness (QED) is 0.167. The molecule has 0 saturated carbocycles. The highest BCUT2D eigenvalue weighted by atomic mass is 16.3. The lowest BCUT2D eigenvalue weighted by Gasteiger charge is -2.26. The number of fused-ring (bicyclic) bond motifs is 12. The molecule has 306 valence electrons. The summed E-state index contributed by atoms with van der Waals surface area (Å²) in [7, 11) is 0. The first kappa shape index (κ1) is 36.0. The van der Waals surface area contributed by atoms with Crippen molar-refractivity contribution in [2.24, 2.45) is 0 Å². The van der Waals surface area contributed by atoms with Crippen LogP contribution in [0.4, 0.5) is 17.1 Å². The number of hydrogen-bond donors (Lipinski definition) is 0. The third kappa shape index (κ3) is 5.45. The van der Waals surface area contributed by atoms with Crippen LogP contribution in [0.2, 0.25) is 0 Å². The Labute approximate surface area is 372 Å². The Kier molecular flexibility index (Phi) is 7.74. The van der Waals surface area contributed by atoms with Gasteiger partial charge in [0.1, 0.15) is 44.8 Å². The van der Waals surface area contributed by atoms with Crippen molar-refractivity contribution in [2.45, 2.75) is 12.8 Å². The molecule has 5 nitrogen and oxygen atoms in total. The zero-order valence-corrected chi connectivity index (χ0v) is 35.0. The Morgan fingerprint density at radius 1 is 0.385 bits per heavy atom. The number of anilines is 3. The third-order valence-corrected chi connectivity index (χ3v) is 13.3. The van der Waals surface area contributed by atoms with Gasteiger partial charge in [-0.15, -0.1) is 0 Å². The van der Waals surface area contributed by atoms with E-state index in [-0.39, 0.29) is 0 Å². The van der Waals surface area contributed by atoms with Gasteiger partial charge < -0.3 is 22.6 Å². The van der Waals surface area contributed by atoms with Gasteiger partial charge in [-0.25, -0.2) is 0 Å². The molecule has 1 aliphatic rings. The molecular weight excluding hydrogens is 799 g/mol. The zero-order valence-electron chi connectivity index (χ0n) is 35.0. The van der Waals surface area contributed by atoms with Gasteiger partial charge in [-0.2, -0.15) is 0 Å². The molecule has 0 atom stereocenters. The zero-order chi connectivity index (χ0) is 42.6. The normalized spacial score (nSPS) is 12.7. The van der Waals surface area contributed by atoms with Crippen LogP contribution in [0, 0.1) is 0 Å². The van der Waals surface area contributed by atoms with Gasteiger partial charge in [-0.1, -0.05) is 146 Å². The second kappa shape index (κ2) is 14.0. The molecule has 0 spiro atoms. The van der Waals surface area contributed by atoms with Crippen LogP contribution in [0.5, 0.6) is 0 Å². The van der Waals surface area contributed by atoms with Gasteiger partial charge in [0.2, 0.25) is 0 Å². The predicted octanol–water partition coefficient (Wildman–Crippen LogP) is 17.6. The molecule has 4 aromatic heterocycles. The van der Waals surface area contributed by atoms with E-state index in [1.165, 1.54) is 5.56 Å². The van der Waals surface area contributed by atoms with Crippen molar-refractivity contribution in [3.8, 4) is 33.4 Å². The highest BCUT2D eigenvalue weighted by Gasteiger charge is 2.27. The minimum atomic E-state index is 0.781. The van der Waals surface area contributed by atoms with Gasteiger partial charge in [-0.3, -0.25) is 0 Å². The summed E-state index contributed by atoms with van der Waals surface area (Å²) >= 11 is 0. The average Bonchev–Trinajstić information content (AvgIpc) is 4.14. The summed E-state index contributed by atoms with van der Waals surface area (Å²) in [6, 6.07) is 66.1. The summed E-state index contributed by atoms with van der Waals surface area (Å²) in [5.41, 5.74) is 16.4. The van der Waals surface area contributed by atoms with Crippen molar-refractivity contribution in [2.75, 3.05) is 4.90 Å². The molecule has 0 fully saturated rings. The molecule has 5 heteroatoms. The second-order valence-corrected chi connectivity index (χ2v) is 17.0. The summed E-state index contributed by atoms with van der Waals surface area (Å²) in [5.74, 6) is 1.02. The Balaban J connectivity index is 1.01. The van der Waals surface area contributed by atoms with E-state index in [0.29, 0.717) is 0 Å². The molecule has 0 saturated heterocycles. The maximum absolute atomic E-state index is 7.16. The van der Waals surface area contributed by atoms with Gasteiger partial charge in [0.15, 0.2) is 0 Å². The fraction of sp³-hybridized carbons (Fsp3) is 0.0333. The molecule has 14 rings (SSSR count). The van der Waals surface area contributed by atoms with Gasteiger partial charge in [0, 0.05) is 72.4 Å². The van der Waals surface area contributed by atoms with Crippen LogP contribution >= 0.6 is 0 Å². The summed E-state index contributed by atoms with van der Waals surface area (Å²) in [4.78, 5) is 2.34. The molecule has 13 aromatic rings. The molecule has 4 heterocycles. The van der Waals surface area contributed by atoms with E-state index in [9.17, 15) is 0 Å². The largest absolute Gasteiger partial charge is 0.460 e. The number of aryl methyl sites for hydroxylation is 1. The summed E-state index contributed by atoms with van der Waals surface area (Å²) < 4.78 is 27.2. The number of allylic oxidation sites excluding steroid dienone is 1. The average molecular weight is 836 g/mol. The fourth-order valence-corrected chi connectivity index (χ4v) is 10.4. The highest BCUT2D eigenvalue weighted by molar-refractivity contribution is 6.27. The predicted molar refractivity (Wildman–Crippen MR) is 266 cm³/mol. The molecule has 0 N–H and O–H groups in total. The minimum Gasteiger partial charge on any atom is -0.460 e. The Morgan fingerprint density at radius 2 is 1.00 bits per heavy atom. The van der Waals surface area contributed by atoms with Crippen LogP contribution in [0.25, 0.3) is 116 Å². The number of nitrogens with zero attached hydrogens (tertiary/aromatic N) is 1. The van der Waals surface area contributed by atoms with E-state index in [2.05, 4.69) is 181 Å². The SMILES string of the molecule is C1=Cc2c(oc3c(-c4c5oc6cccc(N(c7ccc(-c8ccccc8)cc7)c7ccc(-c8cccc9c8oc8ccccc89)cc7)c6c5cc5oc6ccccc6c45)cccc23)CC1. The van der Waals surface area contributed by atoms with E-state index in [0.717, 1.165) is 146 Å². The smallest absolute Gasteiger partial charge is 0.144 e. The first-order valence-corrected chi connectivity index (χ1v) is 22.2. The van der Waals surface area contributed by atoms with Crippen molar-refractivity contribution in [1.82, 2.24) is 0 Å². The molecule has 0 aliphatic heterocycles. The van der Waals surface area contributed by atoms with Crippen LogP contribution in [0.1, 0.15) is 17.7 Å². The summed E-state index contributed by atoms with van der Waals surface area (Å²) in [6.45, 7) is 0. The molecule has 65 heavy (non-hydrogen) atoms. The van der Waals surface area contributed by atoms with Crippen LogP contribution in [0.3, 0.4) is 0 Å².